The summed E-state index contributed by atoms with van der Waals surface area (Å²) in [5.74, 6) is 0. The number of aliphatic hydroxyl groups is 1. The highest BCUT2D eigenvalue weighted by atomic mass is 35.5. The second-order valence-electron chi connectivity index (χ2n) is 4.52. The lowest BCUT2D eigenvalue weighted by Gasteiger charge is -2.26. The molecule has 0 unspecified atom stereocenters. The summed E-state index contributed by atoms with van der Waals surface area (Å²) in [6.45, 7) is 5.59. The topological polar surface area (TPSA) is 44.3 Å². The van der Waals surface area contributed by atoms with Gasteiger partial charge in [-0.25, -0.2) is 0 Å². The Labute approximate surface area is 136 Å². The minimum absolute atomic E-state index is 0. The molecule has 0 aliphatic rings. The maximum Gasteiger partial charge on any atom is 0.0595 e. The lowest BCUT2D eigenvalue weighted by atomic mass is 9.85. The van der Waals surface area contributed by atoms with E-state index in [1.807, 2.05) is 18.2 Å². The number of benzene rings is 1. The summed E-state index contributed by atoms with van der Waals surface area (Å²) < 4.78 is 0. The molecule has 0 aliphatic heterocycles. The van der Waals surface area contributed by atoms with Crippen LogP contribution in [0.5, 0.6) is 0 Å². The first-order chi connectivity index (χ1) is 7.97. The van der Waals surface area contributed by atoms with Gasteiger partial charge in [0.2, 0.25) is 0 Å². The Kier molecular flexibility index (Phi) is 11.4. The molecule has 7 heteroatoms. The molecule has 0 bridgehead atoms. The highest BCUT2D eigenvalue weighted by Crippen LogP contribution is 2.29. The number of rotatable bonds is 6. The van der Waals surface area contributed by atoms with Crippen LogP contribution >= 0.6 is 48.0 Å². The molecule has 1 rings (SSSR count). The fourth-order valence-electron chi connectivity index (χ4n) is 1.45. The zero-order chi connectivity index (χ0) is 12.9. The van der Waals surface area contributed by atoms with Gasteiger partial charge in [-0.3, -0.25) is 10.9 Å². The van der Waals surface area contributed by atoms with Gasteiger partial charge in [-0.1, -0.05) is 43.1 Å². The quantitative estimate of drug-likeness (QED) is 0.545. The van der Waals surface area contributed by atoms with Gasteiger partial charge in [0.05, 0.1) is 16.7 Å². The van der Waals surface area contributed by atoms with Gasteiger partial charge in [-0.05, 0) is 17.7 Å². The molecule has 0 aromatic heterocycles. The van der Waals surface area contributed by atoms with Crippen LogP contribution in [0.4, 0.5) is 0 Å². The van der Waals surface area contributed by atoms with Gasteiger partial charge >= 0.3 is 0 Å². The van der Waals surface area contributed by atoms with E-state index in [0.29, 0.717) is 16.6 Å². The Morgan fingerprint density at radius 3 is 2.26 bits per heavy atom. The van der Waals surface area contributed by atoms with Gasteiger partial charge in [0.15, 0.2) is 0 Å². The molecule has 0 saturated carbocycles. The molecule has 1 aromatic carbocycles. The number of hydrazine groups is 1. The molecular formula is C12H20Cl4N2O. The van der Waals surface area contributed by atoms with E-state index in [1.54, 1.807) is 0 Å². The van der Waals surface area contributed by atoms with Crippen molar-refractivity contribution in [3.63, 3.8) is 0 Å². The Balaban J connectivity index is 0. The second-order valence-corrected chi connectivity index (χ2v) is 5.33. The normalized spacial score (nSPS) is 10.6. The smallest absolute Gasteiger partial charge is 0.0595 e. The average molecular weight is 350 g/mol. The van der Waals surface area contributed by atoms with Crippen molar-refractivity contribution in [3.8, 4) is 0 Å². The van der Waals surface area contributed by atoms with Crippen LogP contribution in [0, 0.1) is 0 Å². The zero-order valence-electron chi connectivity index (χ0n) is 10.9. The molecule has 0 fully saturated rings. The minimum Gasteiger partial charge on any atom is -0.395 e. The molecule has 0 amide bonds. The molecule has 3 nitrogen and oxygen atoms in total. The Bertz CT molecular complexity index is 375. The van der Waals surface area contributed by atoms with Crippen molar-refractivity contribution >= 4 is 48.0 Å². The van der Waals surface area contributed by atoms with Gasteiger partial charge in [-0.15, -0.1) is 24.8 Å². The highest BCUT2D eigenvalue weighted by molar-refractivity contribution is 6.42. The van der Waals surface area contributed by atoms with E-state index in [9.17, 15) is 0 Å². The van der Waals surface area contributed by atoms with E-state index in [-0.39, 0.29) is 36.8 Å². The van der Waals surface area contributed by atoms with E-state index in [2.05, 4.69) is 24.7 Å². The van der Waals surface area contributed by atoms with Crippen molar-refractivity contribution in [3.05, 3.63) is 33.8 Å². The molecule has 0 aliphatic carbocycles. The molecule has 0 atom stereocenters. The van der Waals surface area contributed by atoms with Crippen LogP contribution in [0.25, 0.3) is 0 Å². The van der Waals surface area contributed by atoms with Crippen LogP contribution in [0.1, 0.15) is 19.4 Å². The molecule has 0 saturated heterocycles. The number of halogens is 4. The van der Waals surface area contributed by atoms with Crippen LogP contribution in [0.3, 0.4) is 0 Å². The minimum atomic E-state index is -0.0727. The van der Waals surface area contributed by atoms with Crippen molar-refractivity contribution in [2.24, 2.45) is 0 Å². The van der Waals surface area contributed by atoms with E-state index in [0.717, 1.165) is 12.1 Å². The molecule has 1 aromatic rings. The SMILES string of the molecule is CC(C)(CNNCCO)c1ccc(Cl)c(Cl)c1.Cl.Cl. The van der Waals surface area contributed by atoms with Crippen molar-refractivity contribution in [2.75, 3.05) is 19.7 Å². The molecule has 19 heavy (non-hydrogen) atoms. The van der Waals surface area contributed by atoms with Crippen molar-refractivity contribution in [1.29, 1.82) is 0 Å². The maximum atomic E-state index is 8.65. The fourth-order valence-corrected chi connectivity index (χ4v) is 1.75. The van der Waals surface area contributed by atoms with Crippen molar-refractivity contribution in [2.45, 2.75) is 19.3 Å². The van der Waals surface area contributed by atoms with Gasteiger partial charge in [0, 0.05) is 18.5 Å². The summed E-state index contributed by atoms with van der Waals surface area (Å²) in [5.41, 5.74) is 7.04. The largest absolute Gasteiger partial charge is 0.395 e. The second kappa shape index (κ2) is 10.1. The number of hydrogen-bond acceptors (Lipinski definition) is 3. The van der Waals surface area contributed by atoms with E-state index >= 15 is 0 Å². The summed E-state index contributed by atoms with van der Waals surface area (Å²) in [7, 11) is 0. The van der Waals surface area contributed by atoms with Gasteiger partial charge in [0.25, 0.3) is 0 Å². The third-order valence-electron chi connectivity index (χ3n) is 2.59. The summed E-state index contributed by atoms with van der Waals surface area (Å²) in [6, 6.07) is 5.67. The van der Waals surface area contributed by atoms with E-state index in [1.165, 1.54) is 0 Å². The first kappa shape index (κ1) is 21.6. The van der Waals surface area contributed by atoms with Crippen LogP contribution in [-0.4, -0.2) is 24.8 Å². The Morgan fingerprint density at radius 2 is 1.74 bits per heavy atom. The van der Waals surface area contributed by atoms with Crippen LogP contribution in [-0.2, 0) is 5.41 Å². The number of aliphatic hydroxyl groups excluding tert-OH is 1. The average Bonchev–Trinajstić information content (AvgIpc) is 2.28. The molecule has 0 spiro atoms. The van der Waals surface area contributed by atoms with E-state index < -0.39 is 0 Å². The standard InChI is InChI=1S/C12H18Cl2N2O.2ClH/c1-12(2,8-16-15-5-6-17)9-3-4-10(13)11(14)7-9;;/h3-4,7,15-17H,5-6,8H2,1-2H3;2*1H. The summed E-state index contributed by atoms with van der Waals surface area (Å²) in [6.07, 6.45) is 0. The lowest BCUT2D eigenvalue weighted by Crippen LogP contribution is -2.42. The Morgan fingerprint density at radius 1 is 1.11 bits per heavy atom. The third kappa shape index (κ3) is 7.00. The molecular weight excluding hydrogens is 330 g/mol. The summed E-state index contributed by atoms with van der Waals surface area (Å²) >= 11 is 11.9. The first-order valence-electron chi connectivity index (χ1n) is 5.49. The molecule has 0 radical (unpaired) electrons. The monoisotopic (exact) mass is 348 g/mol. The fraction of sp³-hybridized carbons (Fsp3) is 0.500. The number of nitrogens with one attached hydrogen (secondary N) is 2. The summed E-state index contributed by atoms with van der Waals surface area (Å²) in [5, 5.41) is 9.78. The van der Waals surface area contributed by atoms with Crippen LogP contribution < -0.4 is 10.9 Å². The van der Waals surface area contributed by atoms with Crippen LogP contribution in [0.2, 0.25) is 10.0 Å². The maximum absolute atomic E-state index is 8.65. The molecule has 0 heterocycles. The van der Waals surface area contributed by atoms with Gasteiger partial charge < -0.3 is 5.11 Å². The lowest BCUT2D eigenvalue weighted by molar-refractivity contribution is 0.278. The van der Waals surface area contributed by atoms with Gasteiger partial charge in [0.1, 0.15) is 0 Å². The van der Waals surface area contributed by atoms with Crippen molar-refractivity contribution < 1.29 is 5.11 Å². The third-order valence-corrected chi connectivity index (χ3v) is 3.33. The molecule has 3 N–H and O–H groups in total. The highest BCUT2D eigenvalue weighted by Gasteiger charge is 2.20. The summed E-state index contributed by atoms with van der Waals surface area (Å²) in [4.78, 5) is 0. The Hall–Kier alpha value is 0.260. The van der Waals surface area contributed by atoms with E-state index in [4.69, 9.17) is 28.3 Å². The number of hydrogen-bond donors (Lipinski definition) is 3. The predicted molar refractivity (Wildman–Crippen MR) is 87.1 cm³/mol. The first-order valence-corrected chi connectivity index (χ1v) is 6.25. The zero-order valence-corrected chi connectivity index (χ0v) is 14.0. The van der Waals surface area contributed by atoms with Crippen LogP contribution in [0.15, 0.2) is 18.2 Å². The predicted octanol–water partition coefficient (Wildman–Crippen LogP) is 3.20. The van der Waals surface area contributed by atoms with Gasteiger partial charge in [-0.2, -0.15) is 0 Å². The van der Waals surface area contributed by atoms with Crippen molar-refractivity contribution in [1.82, 2.24) is 10.9 Å². The molecule has 112 valence electrons.